The number of anilines is 2. The monoisotopic (exact) mass is 193 g/mol. The molecule has 4 heteroatoms. The third-order valence-electron chi connectivity index (χ3n) is 1.52. The van der Waals surface area contributed by atoms with E-state index in [0.717, 1.165) is 11.5 Å². The van der Waals surface area contributed by atoms with Crippen LogP contribution in [0.5, 0.6) is 0 Å². The van der Waals surface area contributed by atoms with Gasteiger partial charge in [0, 0.05) is 30.9 Å². The summed E-state index contributed by atoms with van der Waals surface area (Å²) in [5.41, 5.74) is 0.760. The van der Waals surface area contributed by atoms with Gasteiger partial charge in [-0.05, 0) is 19.9 Å². The Balaban J connectivity index is 2.73. The van der Waals surface area contributed by atoms with Crippen LogP contribution < -0.4 is 10.6 Å². The first-order chi connectivity index (χ1) is 6.58. The predicted octanol–water partition coefficient (Wildman–Crippen LogP) is 1.86. The first kappa shape index (κ1) is 10.5. The molecule has 1 aromatic heterocycles. The van der Waals surface area contributed by atoms with Crippen molar-refractivity contribution in [3.8, 4) is 0 Å². The van der Waals surface area contributed by atoms with Gasteiger partial charge in [-0.15, -0.1) is 0 Å². The van der Waals surface area contributed by atoms with E-state index in [1.165, 1.54) is 6.92 Å². The summed E-state index contributed by atoms with van der Waals surface area (Å²) in [5.74, 6) is 0.693. The second kappa shape index (κ2) is 4.60. The number of carbonyl (C=O) groups is 1. The Kier molecular flexibility index (Phi) is 3.45. The van der Waals surface area contributed by atoms with E-state index in [9.17, 15) is 4.79 Å². The summed E-state index contributed by atoms with van der Waals surface area (Å²) < 4.78 is 0. The fourth-order valence-electron chi connectivity index (χ4n) is 1.09. The zero-order valence-electron chi connectivity index (χ0n) is 8.66. The molecule has 0 atom stereocenters. The van der Waals surface area contributed by atoms with Gasteiger partial charge in [0.15, 0.2) is 0 Å². The lowest BCUT2D eigenvalue weighted by Crippen LogP contribution is -2.12. The normalized spacial score (nSPS) is 10.0. The molecule has 0 fully saturated rings. The van der Waals surface area contributed by atoms with Crippen LogP contribution in [0.2, 0.25) is 0 Å². The van der Waals surface area contributed by atoms with Crippen LogP contribution in [0.15, 0.2) is 18.3 Å². The van der Waals surface area contributed by atoms with Crippen molar-refractivity contribution in [2.45, 2.75) is 26.8 Å². The lowest BCUT2D eigenvalue weighted by molar-refractivity contribution is -0.114. The van der Waals surface area contributed by atoms with E-state index in [1.54, 1.807) is 18.3 Å². The summed E-state index contributed by atoms with van der Waals surface area (Å²) in [6, 6.07) is 3.89. The summed E-state index contributed by atoms with van der Waals surface area (Å²) in [4.78, 5) is 14.9. The standard InChI is InChI=1S/C10H15N3O/c1-7(2)12-10-6-9(4-5-11-10)13-8(3)14/h4-7H,1-3H3,(H2,11,12,13,14). The molecule has 0 unspecified atom stereocenters. The van der Waals surface area contributed by atoms with Crippen molar-refractivity contribution >= 4 is 17.4 Å². The van der Waals surface area contributed by atoms with Crippen molar-refractivity contribution in [1.29, 1.82) is 0 Å². The van der Waals surface area contributed by atoms with Crippen molar-refractivity contribution in [2.24, 2.45) is 0 Å². The molecule has 0 radical (unpaired) electrons. The van der Waals surface area contributed by atoms with Crippen molar-refractivity contribution < 1.29 is 4.79 Å². The first-order valence-corrected chi connectivity index (χ1v) is 4.58. The van der Waals surface area contributed by atoms with E-state index >= 15 is 0 Å². The Hall–Kier alpha value is -1.58. The summed E-state index contributed by atoms with van der Waals surface area (Å²) in [6.45, 7) is 5.55. The Bertz CT molecular complexity index is 323. The minimum absolute atomic E-state index is 0.0771. The molecule has 0 aliphatic rings. The molecule has 14 heavy (non-hydrogen) atoms. The number of nitrogens with one attached hydrogen (secondary N) is 2. The lowest BCUT2D eigenvalue weighted by Gasteiger charge is -2.09. The Morgan fingerprint density at radius 3 is 2.79 bits per heavy atom. The smallest absolute Gasteiger partial charge is 0.221 e. The van der Waals surface area contributed by atoms with E-state index in [1.807, 2.05) is 13.8 Å². The predicted molar refractivity (Wildman–Crippen MR) is 57.3 cm³/mol. The van der Waals surface area contributed by atoms with E-state index in [-0.39, 0.29) is 5.91 Å². The van der Waals surface area contributed by atoms with Gasteiger partial charge in [-0.25, -0.2) is 4.98 Å². The van der Waals surface area contributed by atoms with Crippen LogP contribution in [0.3, 0.4) is 0 Å². The van der Waals surface area contributed by atoms with Crippen LogP contribution >= 0.6 is 0 Å². The van der Waals surface area contributed by atoms with Gasteiger partial charge in [0.25, 0.3) is 0 Å². The van der Waals surface area contributed by atoms with Gasteiger partial charge in [0.1, 0.15) is 5.82 Å². The van der Waals surface area contributed by atoms with Gasteiger partial charge in [-0.2, -0.15) is 0 Å². The average Bonchev–Trinajstić information content (AvgIpc) is 2.01. The summed E-state index contributed by atoms with van der Waals surface area (Å²) in [5, 5.41) is 5.86. The van der Waals surface area contributed by atoms with Crippen molar-refractivity contribution in [3.05, 3.63) is 18.3 Å². The molecule has 0 saturated heterocycles. The first-order valence-electron chi connectivity index (χ1n) is 4.58. The number of aromatic nitrogens is 1. The Morgan fingerprint density at radius 1 is 1.50 bits per heavy atom. The molecule has 0 aliphatic heterocycles. The number of pyridine rings is 1. The summed E-state index contributed by atoms with van der Waals surface area (Å²) in [7, 11) is 0. The summed E-state index contributed by atoms with van der Waals surface area (Å²) >= 11 is 0. The van der Waals surface area contributed by atoms with Crippen molar-refractivity contribution in [3.63, 3.8) is 0 Å². The molecular weight excluding hydrogens is 178 g/mol. The number of nitrogens with zero attached hydrogens (tertiary/aromatic N) is 1. The average molecular weight is 193 g/mol. The maximum Gasteiger partial charge on any atom is 0.221 e. The zero-order chi connectivity index (χ0) is 10.6. The highest BCUT2D eigenvalue weighted by Crippen LogP contribution is 2.12. The van der Waals surface area contributed by atoms with Gasteiger partial charge in [-0.3, -0.25) is 4.79 Å². The minimum atomic E-state index is -0.0771. The number of amides is 1. The zero-order valence-corrected chi connectivity index (χ0v) is 8.66. The molecule has 2 N–H and O–H groups in total. The van der Waals surface area contributed by atoms with Crippen LogP contribution in [0.25, 0.3) is 0 Å². The number of rotatable bonds is 3. The molecule has 4 nitrogen and oxygen atoms in total. The lowest BCUT2D eigenvalue weighted by atomic mass is 10.3. The highest BCUT2D eigenvalue weighted by atomic mass is 16.1. The van der Waals surface area contributed by atoms with Gasteiger partial charge in [0.05, 0.1) is 0 Å². The van der Waals surface area contributed by atoms with Crippen LogP contribution in [-0.2, 0) is 4.79 Å². The second-order valence-corrected chi connectivity index (χ2v) is 3.41. The third-order valence-corrected chi connectivity index (χ3v) is 1.52. The molecule has 0 aliphatic carbocycles. The topological polar surface area (TPSA) is 54.0 Å². The van der Waals surface area contributed by atoms with E-state index in [4.69, 9.17) is 0 Å². The maximum absolute atomic E-state index is 10.8. The summed E-state index contributed by atoms with van der Waals surface area (Å²) in [6.07, 6.45) is 1.66. The number of carbonyl (C=O) groups excluding carboxylic acids is 1. The van der Waals surface area contributed by atoms with Crippen LogP contribution in [0, 0.1) is 0 Å². The van der Waals surface area contributed by atoms with Crippen LogP contribution in [-0.4, -0.2) is 16.9 Å². The maximum atomic E-state index is 10.8. The number of hydrogen-bond acceptors (Lipinski definition) is 3. The highest BCUT2D eigenvalue weighted by molar-refractivity contribution is 5.88. The van der Waals surface area contributed by atoms with E-state index < -0.39 is 0 Å². The van der Waals surface area contributed by atoms with Gasteiger partial charge >= 0.3 is 0 Å². The van der Waals surface area contributed by atoms with E-state index in [2.05, 4.69) is 15.6 Å². The third kappa shape index (κ3) is 3.43. The molecule has 0 bridgehead atoms. The fourth-order valence-corrected chi connectivity index (χ4v) is 1.09. The Labute approximate surface area is 83.7 Å². The molecule has 1 heterocycles. The molecular formula is C10H15N3O. The van der Waals surface area contributed by atoms with Gasteiger partial charge < -0.3 is 10.6 Å². The SMILES string of the molecule is CC(=O)Nc1ccnc(NC(C)C)c1. The molecule has 0 aromatic carbocycles. The fraction of sp³-hybridized carbons (Fsp3) is 0.400. The highest BCUT2D eigenvalue weighted by Gasteiger charge is 1.99. The largest absolute Gasteiger partial charge is 0.368 e. The molecule has 1 amide bonds. The molecule has 1 rings (SSSR count). The molecule has 76 valence electrons. The van der Waals surface area contributed by atoms with Crippen molar-refractivity contribution in [1.82, 2.24) is 4.98 Å². The molecule has 1 aromatic rings. The molecule has 0 saturated carbocycles. The quantitative estimate of drug-likeness (QED) is 0.770. The van der Waals surface area contributed by atoms with Crippen molar-refractivity contribution in [2.75, 3.05) is 10.6 Å². The number of hydrogen-bond donors (Lipinski definition) is 2. The van der Waals surface area contributed by atoms with Crippen LogP contribution in [0.4, 0.5) is 11.5 Å². The second-order valence-electron chi connectivity index (χ2n) is 3.41. The van der Waals surface area contributed by atoms with Crippen LogP contribution in [0.1, 0.15) is 20.8 Å². The minimum Gasteiger partial charge on any atom is -0.368 e. The van der Waals surface area contributed by atoms with Gasteiger partial charge in [-0.1, -0.05) is 0 Å². The van der Waals surface area contributed by atoms with E-state index in [0.29, 0.717) is 6.04 Å². The Morgan fingerprint density at radius 2 is 2.21 bits per heavy atom. The molecule has 0 spiro atoms. The van der Waals surface area contributed by atoms with Gasteiger partial charge in [0.2, 0.25) is 5.91 Å².